The summed E-state index contributed by atoms with van der Waals surface area (Å²) in [6.07, 6.45) is 3.93. The van der Waals surface area contributed by atoms with Crippen LogP contribution in [0.5, 0.6) is 5.75 Å². The number of rotatable bonds is 5. The molecule has 2 amide bonds. The van der Waals surface area contributed by atoms with Crippen LogP contribution < -0.4 is 15.6 Å². The third kappa shape index (κ3) is 4.58. The van der Waals surface area contributed by atoms with Gasteiger partial charge in [-0.3, -0.25) is 20.4 Å². The molecule has 158 valence electrons. The van der Waals surface area contributed by atoms with Crippen LogP contribution in [0.15, 0.2) is 59.3 Å². The fourth-order valence-corrected chi connectivity index (χ4v) is 3.19. The van der Waals surface area contributed by atoms with Gasteiger partial charge < -0.3 is 13.6 Å². The van der Waals surface area contributed by atoms with E-state index in [4.69, 9.17) is 9.15 Å². The number of nitrogens with zero attached hydrogens (tertiary/aromatic N) is 2. The molecule has 0 spiro atoms. The third-order valence-electron chi connectivity index (χ3n) is 4.73. The van der Waals surface area contributed by atoms with Crippen molar-refractivity contribution >= 4 is 17.5 Å². The van der Waals surface area contributed by atoms with Crippen LogP contribution in [0.4, 0.5) is 0 Å². The number of carbonyl (C=O) groups excluding carboxylic acids is 2. The van der Waals surface area contributed by atoms with Crippen molar-refractivity contribution in [2.45, 2.75) is 27.4 Å². The van der Waals surface area contributed by atoms with Crippen LogP contribution in [0, 0.1) is 20.8 Å². The van der Waals surface area contributed by atoms with Gasteiger partial charge in [-0.25, -0.2) is 4.98 Å². The zero-order chi connectivity index (χ0) is 22.0. The molecule has 0 aliphatic heterocycles. The number of pyridine rings is 1. The maximum absolute atomic E-state index is 12.3. The molecule has 0 aliphatic carbocycles. The zero-order valence-electron chi connectivity index (χ0n) is 17.4. The molecule has 4 rings (SSSR count). The first-order valence-electron chi connectivity index (χ1n) is 9.74. The van der Waals surface area contributed by atoms with Crippen LogP contribution in [0.2, 0.25) is 0 Å². The monoisotopic (exact) mass is 418 g/mol. The Morgan fingerprint density at radius 1 is 1.00 bits per heavy atom. The quantitative estimate of drug-likeness (QED) is 0.484. The van der Waals surface area contributed by atoms with E-state index in [1.54, 1.807) is 44.2 Å². The molecule has 0 unspecified atom stereocenters. The summed E-state index contributed by atoms with van der Waals surface area (Å²) in [4.78, 5) is 29.0. The number of fused-ring (bicyclic) bond motifs is 1. The lowest BCUT2D eigenvalue weighted by atomic mass is 10.2. The number of aromatic nitrogens is 2. The van der Waals surface area contributed by atoms with Crippen molar-refractivity contribution in [2.24, 2.45) is 0 Å². The van der Waals surface area contributed by atoms with Gasteiger partial charge in [-0.15, -0.1) is 0 Å². The summed E-state index contributed by atoms with van der Waals surface area (Å²) in [6, 6.07) is 12.2. The average Bonchev–Trinajstić information content (AvgIpc) is 3.31. The molecule has 1 aromatic carbocycles. The van der Waals surface area contributed by atoms with Crippen LogP contribution in [0.25, 0.3) is 5.65 Å². The number of hydrogen-bond donors (Lipinski definition) is 2. The van der Waals surface area contributed by atoms with E-state index in [2.05, 4.69) is 15.8 Å². The van der Waals surface area contributed by atoms with Crippen molar-refractivity contribution in [3.05, 3.63) is 88.8 Å². The van der Waals surface area contributed by atoms with Gasteiger partial charge in [-0.1, -0.05) is 6.07 Å². The van der Waals surface area contributed by atoms with Gasteiger partial charge in [0.1, 0.15) is 29.5 Å². The molecule has 0 aliphatic rings. The first-order valence-corrected chi connectivity index (χ1v) is 9.74. The molecule has 31 heavy (non-hydrogen) atoms. The third-order valence-corrected chi connectivity index (χ3v) is 4.73. The summed E-state index contributed by atoms with van der Waals surface area (Å²) >= 11 is 0. The first kappa shape index (κ1) is 20.2. The second-order valence-electron chi connectivity index (χ2n) is 7.25. The van der Waals surface area contributed by atoms with Crippen LogP contribution in [0.3, 0.4) is 0 Å². The van der Waals surface area contributed by atoms with Crippen LogP contribution in [-0.4, -0.2) is 21.2 Å². The highest BCUT2D eigenvalue weighted by molar-refractivity contribution is 5.99. The summed E-state index contributed by atoms with van der Waals surface area (Å²) in [5, 5.41) is 0. The Kier molecular flexibility index (Phi) is 5.44. The molecule has 0 atom stereocenters. The minimum atomic E-state index is -0.440. The van der Waals surface area contributed by atoms with Crippen molar-refractivity contribution < 1.29 is 18.7 Å². The van der Waals surface area contributed by atoms with E-state index in [9.17, 15) is 9.59 Å². The van der Waals surface area contributed by atoms with Gasteiger partial charge in [0.2, 0.25) is 0 Å². The van der Waals surface area contributed by atoms with E-state index in [0.29, 0.717) is 35.0 Å². The fraction of sp³-hybridized carbons (Fsp3) is 0.174. The number of imidazole rings is 1. The lowest BCUT2D eigenvalue weighted by Crippen LogP contribution is -2.41. The van der Waals surface area contributed by atoms with Crippen molar-refractivity contribution in [3.8, 4) is 5.75 Å². The van der Waals surface area contributed by atoms with Gasteiger partial charge >= 0.3 is 0 Å². The predicted octanol–water partition coefficient (Wildman–Crippen LogP) is 3.51. The van der Waals surface area contributed by atoms with Gasteiger partial charge in [0.25, 0.3) is 11.8 Å². The molecular formula is C23H22N4O4. The Morgan fingerprint density at radius 3 is 2.45 bits per heavy atom. The molecule has 3 heterocycles. The Hall–Kier alpha value is -4.07. The smallest absolute Gasteiger partial charge is 0.273 e. The highest BCUT2D eigenvalue weighted by atomic mass is 16.5. The van der Waals surface area contributed by atoms with E-state index in [1.807, 2.05) is 35.9 Å². The molecule has 0 fully saturated rings. The zero-order valence-corrected chi connectivity index (χ0v) is 17.4. The van der Waals surface area contributed by atoms with Crippen LogP contribution in [-0.2, 0) is 6.61 Å². The molecule has 8 heteroatoms. The number of furan rings is 1. The van der Waals surface area contributed by atoms with E-state index in [-0.39, 0.29) is 0 Å². The molecule has 8 nitrogen and oxygen atoms in total. The highest BCUT2D eigenvalue weighted by Crippen LogP contribution is 2.16. The van der Waals surface area contributed by atoms with Crippen molar-refractivity contribution in [2.75, 3.05) is 0 Å². The summed E-state index contributed by atoms with van der Waals surface area (Å²) in [5.41, 5.74) is 8.37. The van der Waals surface area contributed by atoms with Crippen LogP contribution in [0.1, 0.15) is 43.5 Å². The summed E-state index contributed by atoms with van der Waals surface area (Å²) in [6.45, 7) is 5.78. The number of ether oxygens (including phenoxy) is 1. The van der Waals surface area contributed by atoms with E-state index >= 15 is 0 Å². The van der Waals surface area contributed by atoms with Crippen LogP contribution >= 0.6 is 0 Å². The summed E-state index contributed by atoms with van der Waals surface area (Å²) in [7, 11) is 0. The maximum atomic E-state index is 12.3. The van der Waals surface area contributed by atoms with E-state index in [1.165, 1.54) is 0 Å². The molecule has 0 saturated heterocycles. The molecule has 0 saturated carbocycles. The Balaban J connectivity index is 1.32. The standard InChI is InChI=1S/C23H22N4O4/c1-14-4-9-21-24-18(12-27(21)11-14)13-30-19-7-5-17(6-8-19)22(28)25-26-23(29)20-10-15(2)31-16(20)3/h4-12H,13H2,1-3H3,(H,25,28)(H,26,29). The van der Waals surface area contributed by atoms with Gasteiger partial charge in [0, 0.05) is 18.0 Å². The molecule has 0 bridgehead atoms. The minimum absolute atomic E-state index is 0.311. The van der Waals surface area contributed by atoms with Crippen molar-refractivity contribution in [1.29, 1.82) is 0 Å². The van der Waals surface area contributed by atoms with E-state index in [0.717, 1.165) is 16.9 Å². The predicted molar refractivity (Wildman–Crippen MR) is 114 cm³/mol. The highest BCUT2D eigenvalue weighted by Gasteiger charge is 2.14. The maximum Gasteiger partial charge on any atom is 0.273 e. The lowest BCUT2D eigenvalue weighted by Gasteiger charge is -2.08. The van der Waals surface area contributed by atoms with Crippen molar-refractivity contribution in [3.63, 3.8) is 0 Å². The molecule has 0 radical (unpaired) electrons. The number of nitrogens with one attached hydrogen (secondary N) is 2. The molecule has 3 aromatic heterocycles. The number of carbonyl (C=O) groups is 2. The average molecular weight is 418 g/mol. The Labute approximate surface area is 178 Å². The number of aryl methyl sites for hydroxylation is 3. The first-order chi connectivity index (χ1) is 14.9. The minimum Gasteiger partial charge on any atom is -0.487 e. The molecule has 2 N–H and O–H groups in total. The normalized spacial score (nSPS) is 10.8. The van der Waals surface area contributed by atoms with Gasteiger partial charge in [-0.2, -0.15) is 0 Å². The van der Waals surface area contributed by atoms with Gasteiger partial charge in [0.05, 0.1) is 11.3 Å². The summed E-state index contributed by atoms with van der Waals surface area (Å²) in [5.74, 6) is 0.854. The molecular weight excluding hydrogens is 396 g/mol. The number of hydrazine groups is 1. The van der Waals surface area contributed by atoms with Gasteiger partial charge in [-0.05, 0) is 62.7 Å². The number of hydrogen-bond acceptors (Lipinski definition) is 5. The molecule has 4 aromatic rings. The second kappa shape index (κ2) is 8.35. The second-order valence-corrected chi connectivity index (χ2v) is 7.25. The Bertz CT molecular complexity index is 1250. The van der Waals surface area contributed by atoms with Gasteiger partial charge in [0.15, 0.2) is 0 Å². The fourth-order valence-electron chi connectivity index (χ4n) is 3.19. The number of amides is 2. The SMILES string of the molecule is Cc1ccc2nc(COc3ccc(C(=O)NNC(=O)c4cc(C)oc4C)cc3)cn2c1. The van der Waals surface area contributed by atoms with E-state index < -0.39 is 11.8 Å². The summed E-state index contributed by atoms with van der Waals surface area (Å²) < 4.78 is 13.1. The van der Waals surface area contributed by atoms with Crippen molar-refractivity contribution in [1.82, 2.24) is 20.2 Å². The Morgan fingerprint density at radius 2 is 1.74 bits per heavy atom. The lowest BCUT2D eigenvalue weighted by molar-refractivity contribution is 0.0845. The number of benzene rings is 1. The topological polar surface area (TPSA) is 97.9 Å². The largest absolute Gasteiger partial charge is 0.487 e.